The van der Waals surface area contributed by atoms with E-state index < -0.39 is 6.10 Å². The monoisotopic (exact) mass is 264 g/mol. The van der Waals surface area contributed by atoms with E-state index in [1.807, 2.05) is 44.2 Å². The Morgan fingerprint density at radius 3 is 2.42 bits per heavy atom. The second-order valence-corrected chi connectivity index (χ2v) is 5.35. The molecule has 106 valence electrons. The van der Waals surface area contributed by atoms with Crippen molar-refractivity contribution in [1.29, 1.82) is 0 Å². The topological polar surface area (TPSA) is 46.5 Å². The third kappa shape index (κ3) is 5.99. The molecule has 1 N–H and O–H groups in total. The van der Waals surface area contributed by atoms with Crippen molar-refractivity contribution in [2.45, 2.75) is 39.9 Å². The minimum Gasteiger partial charge on any atom is -0.391 e. The van der Waals surface area contributed by atoms with Gasteiger partial charge in [0.15, 0.2) is 0 Å². The maximum absolute atomic E-state index is 11.5. The molecule has 19 heavy (non-hydrogen) atoms. The molecule has 0 saturated carbocycles. The Labute approximate surface area is 115 Å². The molecule has 0 saturated heterocycles. The molecular formula is C16H24O3. The van der Waals surface area contributed by atoms with E-state index in [2.05, 4.69) is 0 Å². The highest BCUT2D eigenvalue weighted by atomic mass is 16.5. The molecule has 0 aliphatic rings. The third-order valence-electron chi connectivity index (χ3n) is 3.27. The van der Waals surface area contributed by atoms with Gasteiger partial charge in [-0.3, -0.25) is 4.79 Å². The quantitative estimate of drug-likeness (QED) is 0.785. The van der Waals surface area contributed by atoms with Gasteiger partial charge in [-0.2, -0.15) is 0 Å². The van der Waals surface area contributed by atoms with Crippen LogP contribution in [0.3, 0.4) is 0 Å². The van der Waals surface area contributed by atoms with E-state index in [0.29, 0.717) is 13.0 Å². The summed E-state index contributed by atoms with van der Waals surface area (Å²) in [5.74, 6) is 0.300. The predicted octanol–water partition coefficient (Wildman–Crippen LogP) is 2.82. The zero-order valence-electron chi connectivity index (χ0n) is 12.0. The first-order valence-electron chi connectivity index (χ1n) is 6.81. The minimum atomic E-state index is -0.583. The zero-order valence-corrected chi connectivity index (χ0v) is 12.0. The van der Waals surface area contributed by atoms with E-state index in [4.69, 9.17) is 4.74 Å². The van der Waals surface area contributed by atoms with Gasteiger partial charge >= 0.3 is 0 Å². The molecule has 1 rings (SSSR count). The number of Topliss-reactive ketones (excluding diaryl/α,β-unsaturated/α-hetero) is 1. The van der Waals surface area contributed by atoms with Crippen LogP contribution in [0.15, 0.2) is 30.3 Å². The van der Waals surface area contributed by atoms with E-state index in [1.165, 1.54) is 0 Å². The molecule has 0 radical (unpaired) electrons. The van der Waals surface area contributed by atoms with Crippen LogP contribution in [0, 0.1) is 11.8 Å². The van der Waals surface area contributed by atoms with Gasteiger partial charge in [-0.1, -0.05) is 44.2 Å². The first kappa shape index (κ1) is 15.9. The van der Waals surface area contributed by atoms with Gasteiger partial charge in [0.05, 0.1) is 19.3 Å². The van der Waals surface area contributed by atoms with Crippen molar-refractivity contribution in [2.24, 2.45) is 11.8 Å². The lowest BCUT2D eigenvalue weighted by atomic mass is 9.87. The summed E-state index contributed by atoms with van der Waals surface area (Å²) in [5, 5.41) is 9.92. The lowest BCUT2D eigenvalue weighted by molar-refractivity contribution is -0.123. The number of carbonyl (C=O) groups is 1. The number of carbonyl (C=O) groups excluding carboxylic acids is 1. The first-order valence-corrected chi connectivity index (χ1v) is 6.81. The van der Waals surface area contributed by atoms with Crippen molar-refractivity contribution >= 4 is 5.78 Å². The van der Waals surface area contributed by atoms with E-state index in [-0.39, 0.29) is 24.2 Å². The summed E-state index contributed by atoms with van der Waals surface area (Å²) in [4.78, 5) is 11.5. The number of hydrogen-bond acceptors (Lipinski definition) is 3. The molecule has 0 heterocycles. The number of benzene rings is 1. The fourth-order valence-corrected chi connectivity index (χ4v) is 2.16. The molecule has 3 nitrogen and oxygen atoms in total. The largest absolute Gasteiger partial charge is 0.391 e. The highest BCUT2D eigenvalue weighted by Crippen LogP contribution is 2.18. The van der Waals surface area contributed by atoms with Gasteiger partial charge in [-0.25, -0.2) is 0 Å². The fourth-order valence-electron chi connectivity index (χ4n) is 2.16. The highest BCUT2D eigenvalue weighted by Gasteiger charge is 2.22. The van der Waals surface area contributed by atoms with E-state index in [9.17, 15) is 9.90 Å². The van der Waals surface area contributed by atoms with Crippen LogP contribution in [0.5, 0.6) is 0 Å². The van der Waals surface area contributed by atoms with Crippen molar-refractivity contribution in [1.82, 2.24) is 0 Å². The normalized spacial score (nSPS) is 14.4. The van der Waals surface area contributed by atoms with Gasteiger partial charge in [-0.15, -0.1) is 0 Å². The van der Waals surface area contributed by atoms with Crippen molar-refractivity contribution in [2.75, 3.05) is 6.61 Å². The van der Waals surface area contributed by atoms with Gasteiger partial charge < -0.3 is 9.84 Å². The van der Waals surface area contributed by atoms with Gasteiger partial charge in [0.25, 0.3) is 0 Å². The van der Waals surface area contributed by atoms with Crippen molar-refractivity contribution in [3.05, 3.63) is 35.9 Å². The SMILES string of the molecule is CC(=O)C(CC(O)COCc1ccccc1)C(C)C. The Morgan fingerprint density at radius 2 is 1.89 bits per heavy atom. The molecule has 0 amide bonds. The number of rotatable bonds is 8. The summed E-state index contributed by atoms with van der Waals surface area (Å²) < 4.78 is 5.48. The van der Waals surface area contributed by atoms with Crippen molar-refractivity contribution in [3.8, 4) is 0 Å². The summed E-state index contributed by atoms with van der Waals surface area (Å²) in [6.07, 6.45) is -0.109. The molecule has 2 atom stereocenters. The van der Waals surface area contributed by atoms with Crippen LogP contribution in [0.25, 0.3) is 0 Å². The van der Waals surface area contributed by atoms with Crippen molar-refractivity contribution < 1.29 is 14.6 Å². The molecule has 0 aromatic heterocycles. The highest BCUT2D eigenvalue weighted by molar-refractivity contribution is 5.78. The molecular weight excluding hydrogens is 240 g/mol. The minimum absolute atomic E-state index is 0.0877. The van der Waals surface area contributed by atoms with Gasteiger partial charge in [-0.05, 0) is 24.8 Å². The van der Waals surface area contributed by atoms with Gasteiger partial charge in [0, 0.05) is 5.92 Å². The second-order valence-electron chi connectivity index (χ2n) is 5.35. The molecule has 0 fully saturated rings. The maximum atomic E-state index is 11.5. The van der Waals surface area contributed by atoms with Crippen LogP contribution in [-0.2, 0) is 16.1 Å². The van der Waals surface area contributed by atoms with E-state index in [0.717, 1.165) is 5.56 Å². The second kappa shape index (κ2) is 8.08. The summed E-state index contributed by atoms with van der Waals surface area (Å²) in [5.41, 5.74) is 1.08. The third-order valence-corrected chi connectivity index (χ3v) is 3.27. The fraction of sp³-hybridized carbons (Fsp3) is 0.562. The van der Waals surface area contributed by atoms with Crippen LogP contribution in [0.4, 0.5) is 0 Å². The van der Waals surface area contributed by atoms with E-state index >= 15 is 0 Å². The Kier molecular flexibility index (Phi) is 6.74. The zero-order chi connectivity index (χ0) is 14.3. The standard InChI is InChI=1S/C16H24O3/c1-12(2)16(13(3)17)9-15(18)11-19-10-14-7-5-4-6-8-14/h4-8,12,15-16,18H,9-11H2,1-3H3. The van der Waals surface area contributed by atoms with Gasteiger partial charge in [0.2, 0.25) is 0 Å². The van der Waals surface area contributed by atoms with Crippen LogP contribution in [0.1, 0.15) is 32.8 Å². The number of ether oxygens (including phenoxy) is 1. The summed E-state index contributed by atoms with van der Waals surface area (Å²) in [7, 11) is 0. The Bertz CT molecular complexity index is 373. The molecule has 0 aliphatic heterocycles. The first-order chi connectivity index (χ1) is 9.00. The Balaban J connectivity index is 2.31. The molecule has 1 aromatic rings. The predicted molar refractivity (Wildman–Crippen MR) is 75.7 cm³/mol. The van der Waals surface area contributed by atoms with E-state index in [1.54, 1.807) is 6.92 Å². The number of ketones is 1. The summed E-state index contributed by atoms with van der Waals surface area (Å²) in [6.45, 7) is 6.35. The maximum Gasteiger partial charge on any atom is 0.133 e. The average Bonchev–Trinajstić information content (AvgIpc) is 2.36. The smallest absolute Gasteiger partial charge is 0.133 e. The van der Waals surface area contributed by atoms with Crippen LogP contribution >= 0.6 is 0 Å². The lowest BCUT2D eigenvalue weighted by Crippen LogP contribution is -2.26. The molecule has 0 spiro atoms. The Morgan fingerprint density at radius 1 is 1.26 bits per heavy atom. The van der Waals surface area contributed by atoms with Crippen molar-refractivity contribution in [3.63, 3.8) is 0 Å². The van der Waals surface area contributed by atoms with Crippen LogP contribution < -0.4 is 0 Å². The number of aliphatic hydroxyl groups is 1. The van der Waals surface area contributed by atoms with Crippen LogP contribution in [-0.4, -0.2) is 23.6 Å². The molecule has 1 aromatic carbocycles. The molecule has 0 bridgehead atoms. The lowest BCUT2D eigenvalue weighted by Gasteiger charge is -2.21. The number of aliphatic hydroxyl groups excluding tert-OH is 1. The average molecular weight is 264 g/mol. The Hall–Kier alpha value is -1.19. The summed E-state index contributed by atoms with van der Waals surface area (Å²) >= 11 is 0. The van der Waals surface area contributed by atoms with Crippen LogP contribution in [0.2, 0.25) is 0 Å². The number of hydrogen-bond donors (Lipinski definition) is 1. The molecule has 0 aliphatic carbocycles. The van der Waals surface area contributed by atoms with Gasteiger partial charge in [0.1, 0.15) is 5.78 Å². The molecule has 3 heteroatoms. The summed E-state index contributed by atoms with van der Waals surface area (Å²) in [6, 6.07) is 9.84. The molecule has 2 unspecified atom stereocenters.